The quantitative estimate of drug-likeness (QED) is 0.374. The van der Waals surface area contributed by atoms with Crippen molar-refractivity contribution in [2.75, 3.05) is 5.84 Å². The minimum Gasteiger partial charge on any atom is -0.419 e. The molecule has 0 aliphatic rings. The van der Waals surface area contributed by atoms with Gasteiger partial charge in [0.15, 0.2) is 5.82 Å². The molecule has 0 saturated heterocycles. The molecule has 10 heteroatoms. The molecule has 4 rings (SSSR count). The van der Waals surface area contributed by atoms with E-state index in [9.17, 15) is 4.39 Å². The summed E-state index contributed by atoms with van der Waals surface area (Å²) >= 11 is 2.95. The topological polar surface area (TPSA) is 95.7 Å². The Morgan fingerprint density at radius 3 is 2.79 bits per heavy atom. The van der Waals surface area contributed by atoms with Gasteiger partial charge in [-0.3, -0.25) is 0 Å². The maximum Gasteiger partial charge on any atom is 0.257 e. The van der Waals surface area contributed by atoms with Crippen LogP contribution in [0.3, 0.4) is 0 Å². The predicted molar refractivity (Wildman–Crippen MR) is 107 cm³/mol. The molecule has 144 valence electrons. The molecular formula is C18H17FN6OS2. The molecule has 4 aromatic rings. The first kappa shape index (κ1) is 18.6. The molecular weight excluding hydrogens is 399 g/mol. The summed E-state index contributed by atoms with van der Waals surface area (Å²) in [5.41, 5.74) is 1.53. The molecule has 0 aliphatic heterocycles. The number of thioether (sulfide) groups is 1. The van der Waals surface area contributed by atoms with E-state index in [1.807, 2.05) is 0 Å². The molecule has 0 aliphatic carbocycles. The van der Waals surface area contributed by atoms with Gasteiger partial charge >= 0.3 is 0 Å². The van der Waals surface area contributed by atoms with Gasteiger partial charge in [0, 0.05) is 4.88 Å². The van der Waals surface area contributed by atoms with Gasteiger partial charge in [-0.05, 0) is 37.1 Å². The number of hydrogen-bond acceptors (Lipinski definition) is 8. The van der Waals surface area contributed by atoms with E-state index in [0.29, 0.717) is 28.3 Å². The van der Waals surface area contributed by atoms with E-state index in [1.165, 1.54) is 32.9 Å². The summed E-state index contributed by atoms with van der Waals surface area (Å²) in [4.78, 5) is 2.27. The van der Waals surface area contributed by atoms with Crippen LogP contribution in [0.5, 0.6) is 0 Å². The van der Waals surface area contributed by atoms with Crippen LogP contribution < -0.4 is 5.84 Å². The molecule has 0 amide bonds. The Kier molecular flexibility index (Phi) is 5.14. The molecule has 7 nitrogen and oxygen atoms in total. The number of thiophene rings is 1. The van der Waals surface area contributed by atoms with Crippen molar-refractivity contribution in [2.45, 2.75) is 31.2 Å². The highest BCUT2D eigenvalue weighted by Gasteiger charge is 2.17. The number of nitrogen functional groups attached to an aromatic ring is 1. The molecule has 3 heterocycles. The van der Waals surface area contributed by atoms with Crippen LogP contribution >= 0.6 is 23.1 Å². The Hall–Kier alpha value is -2.72. The lowest BCUT2D eigenvalue weighted by Gasteiger charge is -2.03. The van der Waals surface area contributed by atoms with Gasteiger partial charge in [-0.1, -0.05) is 30.8 Å². The Morgan fingerprint density at radius 1 is 1.21 bits per heavy atom. The molecule has 1 aromatic carbocycles. The Labute approximate surface area is 168 Å². The molecule has 0 atom stereocenters. The van der Waals surface area contributed by atoms with E-state index in [1.54, 1.807) is 29.5 Å². The third kappa shape index (κ3) is 3.52. The number of aryl methyl sites for hydroxylation is 2. The van der Waals surface area contributed by atoms with Crippen molar-refractivity contribution in [1.82, 2.24) is 25.1 Å². The third-order valence-corrected chi connectivity index (χ3v) is 6.42. The van der Waals surface area contributed by atoms with Crippen LogP contribution in [0.15, 0.2) is 39.9 Å². The van der Waals surface area contributed by atoms with Crippen molar-refractivity contribution in [2.24, 2.45) is 0 Å². The number of rotatable bonds is 6. The SMILES string of the molecule is CCc1sc(-c2nnc(CSc3nnc(-c4ccccc4F)n3N)o2)cc1C. The zero-order valence-electron chi connectivity index (χ0n) is 15.2. The standard InChI is InChI=1S/C18H17FN6OS2/c1-3-13-10(2)8-14(28-13)17-23-21-15(26-17)9-27-18-24-22-16(25(18)20)11-6-4-5-7-12(11)19/h4-8H,3,9,20H2,1-2H3. The summed E-state index contributed by atoms with van der Waals surface area (Å²) in [6, 6.07) is 8.35. The average molecular weight is 417 g/mol. The van der Waals surface area contributed by atoms with E-state index >= 15 is 0 Å². The molecule has 0 radical (unpaired) electrons. The summed E-state index contributed by atoms with van der Waals surface area (Å²) < 4.78 is 21.0. The number of hydrogen-bond donors (Lipinski definition) is 1. The van der Waals surface area contributed by atoms with Crippen LogP contribution in [0.4, 0.5) is 4.39 Å². The first-order chi connectivity index (χ1) is 13.6. The number of aromatic nitrogens is 5. The highest BCUT2D eigenvalue weighted by molar-refractivity contribution is 7.98. The zero-order valence-corrected chi connectivity index (χ0v) is 16.9. The fourth-order valence-electron chi connectivity index (χ4n) is 2.72. The minimum atomic E-state index is -0.405. The van der Waals surface area contributed by atoms with Crippen molar-refractivity contribution in [3.05, 3.63) is 52.5 Å². The number of nitrogens with zero attached hydrogens (tertiary/aromatic N) is 5. The molecule has 0 spiro atoms. The summed E-state index contributed by atoms with van der Waals surface area (Å²) in [5, 5.41) is 16.7. The van der Waals surface area contributed by atoms with Gasteiger partial charge in [-0.2, -0.15) is 0 Å². The fourth-order valence-corrected chi connectivity index (χ4v) is 4.44. The first-order valence-electron chi connectivity index (χ1n) is 8.57. The van der Waals surface area contributed by atoms with Gasteiger partial charge in [-0.15, -0.1) is 31.7 Å². The molecule has 2 N–H and O–H groups in total. The van der Waals surface area contributed by atoms with Gasteiger partial charge in [0.2, 0.25) is 11.0 Å². The van der Waals surface area contributed by atoms with Crippen molar-refractivity contribution in [3.63, 3.8) is 0 Å². The van der Waals surface area contributed by atoms with E-state index < -0.39 is 5.82 Å². The predicted octanol–water partition coefficient (Wildman–Crippen LogP) is 4.07. The smallest absolute Gasteiger partial charge is 0.257 e. The van der Waals surface area contributed by atoms with Gasteiger partial charge < -0.3 is 10.3 Å². The van der Waals surface area contributed by atoms with E-state index in [0.717, 1.165) is 11.3 Å². The maximum absolute atomic E-state index is 14.0. The summed E-state index contributed by atoms with van der Waals surface area (Å²) in [5.74, 6) is 7.23. The second-order valence-electron chi connectivity index (χ2n) is 6.02. The third-order valence-electron chi connectivity index (χ3n) is 4.12. The highest BCUT2D eigenvalue weighted by atomic mass is 32.2. The van der Waals surface area contributed by atoms with Gasteiger partial charge in [-0.25, -0.2) is 9.07 Å². The maximum atomic E-state index is 14.0. The normalized spacial score (nSPS) is 11.2. The summed E-state index contributed by atoms with van der Waals surface area (Å²) in [6.45, 7) is 4.20. The molecule has 28 heavy (non-hydrogen) atoms. The zero-order chi connectivity index (χ0) is 19.7. The van der Waals surface area contributed by atoms with E-state index in [2.05, 4.69) is 40.3 Å². The van der Waals surface area contributed by atoms with Crippen LogP contribution in [-0.2, 0) is 12.2 Å². The van der Waals surface area contributed by atoms with Crippen LogP contribution in [0.25, 0.3) is 22.2 Å². The van der Waals surface area contributed by atoms with E-state index in [4.69, 9.17) is 10.3 Å². The summed E-state index contributed by atoms with van der Waals surface area (Å²) in [7, 11) is 0. The van der Waals surface area contributed by atoms with Crippen LogP contribution in [-0.4, -0.2) is 25.1 Å². The molecule has 0 bridgehead atoms. The lowest BCUT2D eigenvalue weighted by molar-refractivity contribution is 0.529. The Balaban J connectivity index is 1.48. The number of halogens is 1. The van der Waals surface area contributed by atoms with Crippen molar-refractivity contribution in [1.29, 1.82) is 0 Å². The molecule has 3 aromatic heterocycles. The minimum absolute atomic E-state index is 0.257. The Bertz CT molecular complexity index is 1120. The van der Waals surface area contributed by atoms with Gasteiger partial charge in [0.25, 0.3) is 5.89 Å². The monoisotopic (exact) mass is 416 g/mol. The molecule has 0 saturated carbocycles. The first-order valence-corrected chi connectivity index (χ1v) is 10.4. The van der Waals surface area contributed by atoms with Crippen LogP contribution in [0.2, 0.25) is 0 Å². The number of benzene rings is 1. The average Bonchev–Trinajstić information content (AvgIpc) is 3.39. The van der Waals surface area contributed by atoms with Gasteiger partial charge in [0.05, 0.1) is 16.2 Å². The Morgan fingerprint density at radius 2 is 2.04 bits per heavy atom. The van der Waals surface area contributed by atoms with Crippen molar-refractivity contribution in [3.8, 4) is 22.2 Å². The molecule has 0 fully saturated rings. The number of nitrogens with two attached hydrogens (primary N) is 1. The van der Waals surface area contributed by atoms with Gasteiger partial charge in [0.1, 0.15) is 5.82 Å². The van der Waals surface area contributed by atoms with E-state index in [-0.39, 0.29) is 5.82 Å². The molecule has 0 unspecified atom stereocenters. The lowest BCUT2D eigenvalue weighted by Crippen LogP contribution is -2.12. The second-order valence-corrected chi connectivity index (χ2v) is 8.10. The van der Waals surface area contributed by atoms with Crippen molar-refractivity contribution < 1.29 is 8.81 Å². The lowest BCUT2D eigenvalue weighted by atomic mass is 10.2. The van der Waals surface area contributed by atoms with Crippen molar-refractivity contribution >= 4 is 23.1 Å². The second kappa shape index (κ2) is 7.72. The summed E-state index contributed by atoms with van der Waals surface area (Å²) in [6.07, 6.45) is 0.976. The van der Waals surface area contributed by atoms with Crippen LogP contribution in [0.1, 0.15) is 23.3 Å². The van der Waals surface area contributed by atoms with Crippen LogP contribution in [0, 0.1) is 12.7 Å². The highest BCUT2D eigenvalue weighted by Crippen LogP contribution is 2.32. The largest absolute Gasteiger partial charge is 0.419 e. The fraction of sp³-hybridized carbons (Fsp3) is 0.222.